The number of pyridine rings is 1. The third-order valence-corrected chi connectivity index (χ3v) is 5.04. The SMILES string of the molecule is Cc1[nH]c2cc(Cl)ccc2c1CN1CCN(c2ccccn2)CC1. The van der Waals surface area contributed by atoms with Gasteiger partial charge < -0.3 is 9.88 Å². The molecule has 2 aromatic heterocycles. The zero-order valence-corrected chi connectivity index (χ0v) is 14.6. The number of hydrogen-bond acceptors (Lipinski definition) is 3. The van der Waals surface area contributed by atoms with Gasteiger partial charge in [0.25, 0.3) is 0 Å². The van der Waals surface area contributed by atoms with Crippen LogP contribution >= 0.6 is 11.6 Å². The lowest BCUT2D eigenvalue weighted by Gasteiger charge is -2.35. The van der Waals surface area contributed by atoms with Crippen molar-refractivity contribution in [2.24, 2.45) is 0 Å². The number of nitrogens with zero attached hydrogens (tertiary/aromatic N) is 3. The van der Waals surface area contributed by atoms with E-state index in [1.807, 2.05) is 24.4 Å². The zero-order chi connectivity index (χ0) is 16.5. The summed E-state index contributed by atoms with van der Waals surface area (Å²) in [5.74, 6) is 1.08. The Kier molecular flexibility index (Phi) is 4.17. The first-order valence-electron chi connectivity index (χ1n) is 8.36. The van der Waals surface area contributed by atoms with E-state index in [4.69, 9.17) is 11.6 Å². The molecule has 1 aliphatic rings. The molecule has 124 valence electrons. The Morgan fingerprint density at radius 2 is 1.96 bits per heavy atom. The van der Waals surface area contributed by atoms with Crippen LogP contribution in [0, 0.1) is 6.92 Å². The van der Waals surface area contributed by atoms with Gasteiger partial charge >= 0.3 is 0 Å². The van der Waals surface area contributed by atoms with E-state index in [-0.39, 0.29) is 0 Å². The molecule has 0 unspecified atom stereocenters. The van der Waals surface area contributed by atoms with Crippen molar-refractivity contribution >= 4 is 28.3 Å². The number of benzene rings is 1. The van der Waals surface area contributed by atoms with Crippen LogP contribution in [0.1, 0.15) is 11.3 Å². The van der Waals surface area contributed by atoms with Crippen LogP contribution in [0.2, 0.25) is 5.02 Å². The molecule has 1 aliphatic heterocycles. The van der Waals surface area contributed by atoms with Crippen molar-refractivity contribution in [1.82, 2.24) is 14.9 Å². The summed E-state index contributed by atoms with van der Waals surface area (Å²) in [6.45, 7) is 7.26. The summed E-state index contributed by atoms with van der Waals surface area (Å²) in [7, 11) is 0. The molecule has 24 heavy (non-hydrogen) atoms. The van der Waals surface area contributed by atoms with Crippen molar-refractivity contribution in [3.63, 3.8) is 0 Å². The van der Waals surface area contributed by atoms with Crippen molar-refractivity contribution in [1.29, 1.82) is 0 Å². The first-order chi connectivity index (χ1) is 11.7. The van der Waals surface area contributed by atoms with Gasteiger partial charge in [-0.15, -0.1) is 0 Å². The molecule has 0 saturated carbocycles. The minimum absolute atomic E-state index is 0.777. The highest BCUT2D eigenvalue weighted by atomic mass is 35.5. The number of piperazine rings is 1. The molecule has 4 nitrogen and oxygen atoms in total. The van der Waals surface area contributed by atoms with E-state index in [0.717, 1.165) is 49.1 Å². The Morgan fingerprint density at radius 3 is 2.71 bits per heavy atom. The van der Waals surface area contributed by atoms with E-state index in [2.05, 4.69) is 44.9 Å². The number of hydrogen-bond donors (Lipinski definition) is 1. The fourth-order valence-electron chi connectivity index (χ4n) is 3.47. The van der Waals surface area contributed by atoms with Gasteiger partial charge in [-0.3, -0.25) is 4.90 Å². The minimum atomic E-state index is 0.777. The number of nitrogens with one attached hydrogen (secondary N) is 1. The third-order valence-electron chi connectivity index (χ3n) is 4.81. The molecule has 0 amide bonds. The highest BCUT2D eigenvalue weighted by Crippen LogP contribution is 2.26. The van der Waals surface area contributed by atoms with Crippen LogP contribution in [0.4, 0.5) is 5.82 Å². The molecule has 1 aromatic carbocycles. The lowest BCUT2D eigenvalue weighted by Crippen LogP contribution is -2.46. The number of aromatic nitrogens is 2. The molecule has 1 N–H and O–H groups in total. The Hall–Kier alpha value is -2.04. The van der Waals surface area contributed by atoms with Crippen LogP contribution in [0.15, 0.2) is 42.6 Å². The zero-order valence-electron chi connectivity index (χ0n) is 13.8. The van der Waals surface area contributed by atoms with E-state index in [0.29, 0.717) is 0 Å². The molecule has 0 atom stereocenters. The van der Waals surface area contributed by atoms with Crippen LogP contribution in [0.25, 0.3) is 10.9 Å². The lowest BCUT2D eigenvalue weighted by atomic mass is 10.1. The Labute approximate surface area is 147 Å². The summed E-state index contributed by atoms with van der Waals surface area (Å²) in [4.78, 5) is 12.8. The average molecular weight is 341 g/mol. The highest BCUT2D eigenvalue weighted by molar-refractivity contribution is 6.31. The van der Waals surface area contributed by atoms with Crippen molar-refractivity contribution in [3.8, 4) is 0 Å². The first-order valence-corrected chi connectivity index (χ1v) is 8.73. The minimum Gasteiger partial charge on any atom is -0.358 e. The van der Waals surface area contributed by atoms with Gasteiger partial charge in [0, 0.05) is 60.5 Å². The molecule has 0 radical (unpaired) electrons. The van der Waals surface area contributed by atoms with Crippen molar-refractivity contribution in [2.75, 3.05) is 31.1 Å². The maximum absolute atomic E-state index is 6.10. The van der Waals surface area contributed by atoms with Gasteiger partial charge in [0.1, 0.15) is 5.82 Å². The first kappa shape index (κ1) is 15.5. The quantitative estimate of drug-likeness (QED) is 0.786. The summed E-state index contributed by atoms with van der Waals surface area (Å²) in [6.07, 6.45) is 1.86. The Morgan fingerprint density at radius 1 is 1.12 bits per heavy atom. The second-order valence-corrected chi connectivity index (χ2v) is 6.81. The van der Waals surface area contributed by atoms with Crippen LogP contribution in [0.5, 0.6) is 0 Å². The summed E-state index contributed by atoms with van der Waals surface area (Å²) >= 11 is 6.10. The predicted octanol–water partition coefficient (Wildman–Crippen LogP) is 3.85. The number of aromatic amines is 1. The van der Waals surface area contributed by atoms with Crippen LogP contribution < -0.4 is 4.90 Å². The maximum atomic E-state index is 6.10. The molecule has 1 fully saturated rings. The number of aryl methyl sites for hydroxylation is 1. The van der Waals surface area contributed by atoms with Crippen LogP contribution in [-0.4, -0.2) is 41.0 Å². The Balaban J connectivity index is 1.47. The van der Waals surface area contributed by atoms with Gasteiger partial charge in [0.2, 0.25) is 0 Å². The molecule has 4 rings (SSSR count). The second kappa shape index (κ2) is 6.46. The molecule has 1 saturated heterocycles. The molecule has 3 heterocycles. The highest BCUT2D eigenvalue weighted by Gasteiger charge is 2.20. The summed E-state index contributed by atoms with van der Waals surface area (Å²) in [5.41, 5.74) is 3.74. The third kappa shape index (κ3) is 2.99. The topological polar surface area (TPSA) is 35.2 Å². The van der Waals surface area contributed by atoms with Gasteiger partial charge in [0.15, 0.2) is 0 Å². The fraction of sp³-hybridized carbons (Fsp3) is 0.316. The number of halogens is 1. The van der Waals surface area contributed by atoms with E-state index in [9.17, 15) is 0 Å². The number of anilines is 1. The molecular formula is C19H21ClN4. The number of rotatable bonds is 3. The fourth-order valence-corrected chi connectivity index (χ4v) is 3.64. The largest absolute Gasteiger partial charge is 0.358 e. The molecule has 0 bridgehead atoms. The number of H-pyrrole nitrogens is 1. The normalized spacial score (nSPS) is 16.0. The molecular weight excluding hydrogens is 320 g/mol. The van der Waals surface area contributed by atoms with Crippen molar-refractivity contribution in [2.45, 2.75) is 13.5 Å². The van der Waals surface area contributed by atoms with Gasteiger partial charge in [-0.25, -0.2) is 4.98 Å². The van der Waals surface area contributed by atoms with Gasteiger partial charge in [0.05, 0.1) is 0 Å². The average Bonchev–Trinajstić information content (AvgIpc) is 2.91. The smallest absolute Gasteiger partial charge is 0.128 e. The molecule has 5 heteroatoms. The van der Waals surface area contributed by atoms with Crippen LogP contribution in [0.3, 0.4) is 0 Å². The van der Waals surface area contributed by atoms with E-state index < -0.39 is 0 Å². The van der Waals surface area contributed by atoms with E-state index in [1.165, 1.54) is 16.6 Å². The van der Waals surface area contributed by atoms with Crippen molar-refractivity contribution < 1.29 is 0 Å². The lowest BCUT2D eigenvalue weighted by molar-refractivity contribution is 0.249. The number of fused-ring (bicyclic) bond motifs is 1. The summed E-state index contributed by atoms with van der Waals surface area (Å²) in [6, 6.07) is 12.2. The monoisotopic (exact) mass is 340 g/mol. The Bertz CT molecular complexity index is 835. The van der Waals surface area contributed by atoms with E-state index in [1.54, 1.807) is 0 Å². The summed E-state index contributed by atoms with van der Waals surface area (Å²) < 4.78 is 0. The van der Waals surface area contributed by atoms with Gasteiger partial charge in [-0.05, 0) is 36.8 Å². The van der Waals surface area contributed by atoms with Gasteiger partial charge in [-0.1, -0.05) is 23.7 Å². The molecule has 3 aromatic rings. The standard InChI is InChI=1S/C19H21ClN4/c1-14-17(16-6-5-15(20)12-18(16)22-14)13-23-8-10-24(11-9-23)19-4-2-3-7-21-19/h2-7,12,22H,8-11,13H2,1H3. The summed E-state index contributed by atoms with van der Waals surface area (Å²) in [5, 5.41) is 2.06. The van der Waals surface area contributed by atoms with Crippen molar-refractivity contribution in [3.05, 3.63) is 58.9 Å². The molecule has 0 spiro atoms. The van der Waals surface area contributed by atoms with E-state index >= 15 is 0 Å². The predicted molar refractivity (Wildman–Crippen MR) is 99.8 cm³/mol. The van der Waals surface area contributed by atoms with Gasteiger partial charge in [-0.2, -0.15) is 0 Å². The maximum Gasteiger partial charge on any atom is 0.128 e. The molecule has 0 aliphatic carbocycles. The second-order valence-electron chi connectivity index (χ2n) is 6.37. The van der Waals surface area contributed by atoms with Crippen LogP contribution in [-0.2, 0) is 6.54 Å².